The summed E-state index contributed by atoms with van der Waals surface area (Å²) in [6.07, 6.45) is 4.22. The van der Waals surface area contributed by atoms with Crippen molar-refractivity contribution >= 4 is 29.1 Å². The van der Waals surface area contributed by atoms with Crippen molar-refractivity contribution in [2.24, 2.45) is 11.8 Å². The van der Waals surface area contributed by atoms with E-state index in [1.807, 2.05) is 0 Å². The summed E-state index contributed by atoms with van der Waals surface area (Å²) >= 11 is 1.26. The minimum Gasteiger partial charge on any atom is -0.481 e. The number of hydrogen-bond donors (Lipinski definition) is 3. The molecule has 0 unspecified atom stereocenters. The van der Waals surface area contributed by atoms with Crippen molar-refractivity contribution in [3.8, 4) is 0 Å². The standard InChI is InChI=1S/C13H14N2O4S/c16-11(8-4-1-2-5-9(8)13(18)19)14-15-12(17)10-6-3-7-20-10/h1-3,6-9H,4-5H2,(H,14,16)(H,15,17)(H,18,19)/t8-,9-/m1/s1. The Morgan fingerprint density at radius 3 is 2.45 bits per heavy atom. The average molecular weight is 294 g/mol. The Kier molecular flexibility index (Phi) is 4.52. The van der Waals surface area contributed by atoms with Crippen LogP contribution in [-0.4, -0.2) is 22.9 Å². The van der Waals surface area contributed by atoms with E-state index in [-0.39, 0.29) is 0 Å². The molecular weight excluding hydrogens is 280 g/mol. The molecule has 0 saturated heterocycles. The number of carbonyl (C=O) groups excluding carboxylic acids is 2. The predicted octanol–water partition coefficient (Wildman–Crippen LogP) is 1.18. The first kappa shape index (κ1) is 14.3. The van der Waals surface area contributed by atoms with Crippen molar-refractivity contribution in [2.75, 3.05) is 0 Å². The number of carboxylic acid groups (broad SMARTS) is 1. The van der Waals surface area contributed by atoms with E-state index >= 15 is 0 Å². The number of nitrogens with one attached hydrogen (secondary N) is 2. The first-order valence-corrected chi connectivity index (χ1v) is 6.99. The molecule has 1 aliphatic rings. The topological polar surface area (TPSA) is 95.5 Å². The van der Waals surface area contributed by atoms with Gasteiger partial charge in [0.1, 0.15) is 0 Å². The fourth-order valence-electron chi connectivity index (χ4n) is 2.06. The van der Waals surface area contributed by atoms with Gasteiger partial charge in [0.05, 0.1) is 16.7 Å². The summed E-state index contributed by atoms with van der Waals surface area (Å²) in [5.41, 5.74) is 4.59. The highest BCUT2D eigenvalue weighted by atomic mass is 32.1. The lowest BCUT2D eigenvalue weighted by Gasteiger charge is -2.24. The predicted molar refractivity (Wildman–Crippen MR) is 72.9 cm³/mol. The van der Waals surface area contributed by atoms with Crippen LogP contribution < -0.4 is 10.9 Å². The van der Waals surface area contributed by atoms with Gasteiger partial charge in [-0.1, -0.05) is 18.2 Å². The van der Waals surface area contributed by atoms with Gasteiger partial charge >= 0.3 is 5.97 Å². The molecule has 1 aliphatic carbocycles. The molecular formula is C13H14N2O4S. The second kappa shape index (κ2) is 6.33. The molecule has 2 amide bonds. The van der Waals surface area contributed by atoms with Crippen molar-refractivity contribution in [3.63, 3.8) is 0 Å². The Labute approximate surface area is 119 Å². The molecule has 2 atom stereocenters. The van der Waals surface area contributed by atoms with E-state index in [4.69, 9.17) is 5.11 Å². The summed E-state index contributed by atoms with van der Waals surface area (Å²) in [6, 6.07) is 3.36. The van der Waals surface area contributed by atoms with E-state index in [0.29, 0.717) is 17.7 Å². The molecule has 3 N–H and O–H groups in total. The Morgan fingerprint density at radius 1 is 1.15 bits per heavy atom. The lowest BCUT2D eigenvalue weighted by atomic mass is 9.82. The fraction of sp³-hybridized carbons (Fsp3) is 0.308. The van der Waals surface area contributed by atoms with Crippen LogP contribution in [0, 0.1) is 11.8 Å². The van der Waals surface area contributed by atoms with E-state index in [1.165, 1.54) is 11.3 Å². The summed E-state index contributed by atoms with van der Waals surface area (Å²) in [5, 5.41) is 10.8. The SMILES string of the molecule is O=C(NNC(=O)[C@@H]1CC=CC[C@H]1C(=O)O)c1cccs1. The number of carboxylic acids is 1. The van der Waals surface area contributed by atoms with Crippen LogP contribution in [0.1, 0.15) is 22.5 Å². The monoisotopic (exact) mass is 294 g/mol. The maximum Gasteiger partial charge on any atom is 0.307 e. The molecule has 2 rings (SSSR count). The normalized spacial score (nSPS) is 21.2. The highest BCUT2D eigenvalue weighted by Crippen LogP contribution is 2.25. The first-order valence-electron chi connectivity index (χ1n) is 6.11. The van der Waals surface area contributed by atoms with E-state index in [9.17, 15) is 14.4 Å². The van der Waals surface area contributed by atoms with Crippen LogP contribution in [-0.2, 0) is 9.59 Å². The molecule has 106 valence electrons. The molecule has 6 nitrogen and oxygen atoms in total. The molecule has 1 heterocycles. The number of aliphatic carboxylic acids is 1. The average Bonchev–Trinajstić information content (AvgIpc) is 2.98. The number of thiophene rings is 1. The first-order chi connectivity index (χ1) is 9.59. The maximum atomic E-state index is 12.0. The molecule has 0 radical (unpaired) electrons. The lowest BCUT2D eigenvalue weighted by molar-refractivity contribution is -0.147. The summed E-state index contributed by atoms with van der Waals surface area (Å²) in [5.74, 6) is -3.31. The van der Waals surface area contributed by atoms with Gasteiger partial charge in [-0.15, -0.1) is 11.3 Å². The smallest absolute Gasteiger partial charge is 0.307 e. The molecule has 0 saturated carbocycles. The quantitative estimate of drug-likeness (QED) is 0.576. The van der Waals surface area contributed by atoms with Crippen LogP contribution in [0.25, 0.3) is 0 Å². The van der Waals surface area contributed by atoms with Gasteiger partial charge in [0, 0.05) is 0 Å². The van der Waals surface area contributed by atoms with Gasteiger partial charge in [0.25, 0.3) is 5.91 Å². The van der Waals surface area contributed by atoms with Crippen molar-refractivity contribution in [2.45, 2.75) is 12.8 Å². The minimum absolute atomic E-state index is 0.326. The minimum atomic E-state index is -1.00. The van der Waals surface area contributed by atoms with E-state index in [1.54, 1.807) is 29.7 Å². The van der Waals surface area contributed by atoms with Crippen LogP contribution in [0.5, 0.6) is 0 Å². The van der Waals surface area contributed by atoms with E-state index in [0.717, 1.165) is 0 Å². The van der Waals surface area contributed by atoms with Crippen molar-refractivity contribution in [1.29, 1.82) is 0 Å². The zero-order valence-electron chi connectivity index (χ0n) is 10.5. The van der Waals surface area contributed by atoms with Gasteiger partial charge in [-0.3, -0.25) is 25.2 Å². The van der Waals surface area contributed by atoms with Gasteiger partial charge in [-0.05, 0) is 24.3 Å². The Hall–Kier alpha value is -2.15. The molecule has 7 heteroatoms. The van der Waals surface area contributed by atoms with Crippen molar-refractivity contribution in [3.05, 3.63) is 34.5 Å². The number of hydrazine groups is 1. The number of hydrogen-bond acceptors (Lipinski definition) is 4. The third-order valence-corrected chi connectivity index (χ3v) is 4.00. The number of allylic oxidation sites excluding steroid dienone is 2. The number of carbonyl (C=O) groups is 3. The van der Waals surface area contributed by atoms with Crippen LogP contribution in [0.3, 0.4) is 0 Å². The zero-order valence-corrected chi connectivity index (χ0v) is 11.4. The summed E-state index contributed by atoms with van der Waals surface area (Å²) in [4.78, 5) is 35.2. The second-order valence-corrected chi connectivity index (χ2v) is 5.36. The van der Waals surface area contributed by atoms with Gasteiger partial charge in [-0.2, -0.15) is 0 Å². The van der Waals surface area contributed by atoms with Crippen LogP contribution in [0.15, 0.2) is 29.7 Å². The molecule has 0 spiro atoms. The van der Waals surface area contributed by atoms with Gasteiger partial charge in [0.2, 0.25) is 5.91 Å². The Bertz CT molecular complexity index is 539. The molecule has 0 aromatic carbocycles. The van der Waals surface area contributed by atoms with E-state index < -0.39 is 29.6 Å². The van der Waals surface area contributed by atoms with Gasteiger partial charge < -0.3 is 5.11 Å². The highest BCUT2D eigenvalue weighted by Gasteiger charge is 2.34. The van der Waals surface area contributed by atoms with Crippen molar-refractivity contribution in [1.82, 2.24) is 10.9 Å². The fourth-order valence-corrected chi connectivity index (χ4v) is 2.68. The second-order valence-electron chi connectivity index (χ2n) is 4.41. The highest BCUT2D eigenvalue weighted by molar-refractivity contribution is 7.12. The summed E-state index contributed by atoms with van der Waals surface area (Å²) in [6.45, 7) is 0. The van der Waals surface area contributed by atoms with Crippen molar-refractivity contribution < 1.29 is 19.5 Å². The number of amides is 2. The molecule has 0 aliphatic heterocycles. The molecule has 20 heavy (non-hydrogen) atoms. The van der Waals surface area contributed by atoms with Crippen LogP contribution in [0.4, 0.5) is 0 Å². The summed E-state index contributed by atoms with van der Waals surface area (Å²) < 4.78 is 0. The van der Waals surface area contributed by atoms with Crippen LogP contribution in [0.2, 0.25) is 0 Å². The molecule has 1 aromatic heterocycles. The zero-order chi connectivity index (χ0) is 14.5. The Balaban J connectivity index is 1.92. The van der Waals surface area contributed by atoms with Crippen LogP contribution >= 0.6 is 11.3 Å². The van der Waals surface area contributed by atoms with Gasteiger partial charge in [0.15, 0.2) is 0 Å². The largest absolute Gasteiger partial charge is 0.481 e. The van der Waals surface area contributed by atoms with E-state index in [2.05, 4.69) is 10.9 Å². The molecule has 1 aromatic rings. The third kappa shape index (κ3) is 3.24. The molecule has 0 fully saturated rings. The molecule has 0 bridgehead atoms. The number of rotatable bonds is 3. The third-order valence-electron chi connectivity index (χ3n) is 3.13. The Morgan fingerprint density at radius 2 is 1.85 bits per heavy atom. The van der Waals surface area contributed by atoms with Gasteiger partial charge in [-0.25, -0.2) is 0 Å². The maximum absolute atomic E-state index is 12.0. The summed E-state index contributed by atoms with van der Waals surface area (Å²) in [7, 11) is 0. The lowest BCUT2D eigenvalue weighted by Crippen LogP contribution is -2.47.